The van der Waals surface area contributed by atoms with Crippen molar-refractivity contribution in [1.29, 1.82) is 0 Å². The molecule has 0 fully saturated rings. The van der Waals surface area contributed by atoms with E-state index in [0.717, 1.165) is 20.3 Å². The summed E-state index contributed by atoms with van der Waals surface area (Å²) in [6.07, 6.45) is 0.639. The molecule has 4 nitrogen and oxygen atoms in total. The molecule has 2 heterocycles. The van der Waals surface area contributed by atoms with Crippen LogP contribution in [-0.2, 0) is 13.5 Å². The predicted molar refractivity (Wildman–Crippen MR) is 83.4 cm³/mol. The minimum absolute atomic E-state index is 0.518. The first-order valence-electron chi connectivity index (χ1n) is 6.02. The summed E-state index contributed by atoms with van der Waals surface area (Å²) in [6, 6.07) is 12.0. The second kappa shape index (κ2) is 5.54. The Morgan fingerprint density at radius 1 is 1.15 bits per heavy atom. The Morgan fingerprint density at radius 3 is 2.55 bits per heavy atom. The average Bonchev–Trinajstić information content (AvgIpc) is 3.01. The van der Waals surface area contributed by atoms with Gasteiger partial charge in [-0.05, 0) is 43.5 Å². The Balaban J connectivity index is 1.88. The van der Waals surface area contributed by atoms with Gasteiger partial charge in [-0.2, -0.15) is 0 Å². The number of hydrogen-bond acceptors (Lipinski definition) is 3. The van der Waals surface area contributed by atoms with E-state index in [4.69, 9.17) is 4.42 Å². The summed E-state index contributed by atoms with van der Waals surface area (Å²) in [5, 5.41) is 8.23. The summed E-state index contributed by atoms with van der Waals surface area (Å²) in [4.78, 5) is 0. The number of aromatic nitrogens is 3. The summed E-state index contributed by atoms with van der Waals surface area (Å²) < 4.78 is 9.58. The Labute approximate surface area is 133 Å². The van der Waals surface area contributed by atoms with Crippen molar-refractivity contribution in [2.75, 3.05) is 0 Å². The molecule has 0 radical (unpaired) electrons. The molecule has 20 heavy (non-hydrogen) atoms. The normalized spacial score (nSPS) is 10.9. The Bertz CT molecular complexity index is 734. The second-order valence-electron chi connectivity index (χ2n) is 4.39. The zero-order valence-corrected chi connectivity index (χ0v) is 13.8. The number of benzene rings is 1. The molecule has 0 unspecified atom stereocenters. The maximum atomic E-state index is 5.74. The molecule has 0 saturated heterocycles. The van der Waals surface area contributed by atoms with E-state index in [1.54, 1.807) is 0 Å². The molecule has 0 aliphatic rings. The van der Waals surface area contributed by atoms with Crippen molar-refractivity contribution < 1.29 is 4.42 Å². The molecule has 6 heteroatoms. The van der Waals surface area contributed by atoms with Crippen LogP contribution in [0.25, 0.3) is 11.6 Å². The predicted octanol–water partition coefficient (Wildman–Crippen LogP) is 4.19. The topological polar surface area (TPSA) is 43.9 Å². The van der Waals surface area contributed by atoms with Crippen LogP contribution in [0, 0.1) is 0 Å². The van der Waals surface area contributed by atoms with Gasteiger partial charge in [0.15, 0.2) is 0 Å². The fourth-order valence-electron chi connectivity index (χ4n) is 1.95. The van der Waals surface area contributed by atoms with Gasteiger partial charge in [-0.3, -0.25) is 0 Å². The molecule has 0 aliphatic heterocycles. The molecule has 0 saturated carbocycles. The Kier molecular flexibility index (Phi) is 3.76. The van der Waals surface area contributed by atoms with Crippen LogP contribution < -0.4 is 0 Å². The van der Waals surface area contributed by atoms with Crippen LogP contribution in [0.3, 0.4) is 0 Å². The van der Waals surface area contributed by atoms with Gasteiger partial charge in [0.2, 0.25) is 5.89 Å². The maximum Gasteiger partial charge on any atom is 0.264 e. The molecule has 0 spiro atoms. The van der Waals surface area contributed by atoms with Crippen molar-refractivity contribution in [2.45, 2.75) is 6.42 Å². The summed E-state index contributed by atoms with van der Waals surface area (Å²) in [6.45, 7) is 0. The number of hydrogen-bond donors (Lipinski definition) is 0. The lowest BCUT2D eigenvalue weighted by Gasteiger charge is -1.99. The summed E-state index contributed by atoms with van der Waals surface area (Å²) >= 11 is 6.95. The van der Waals surface area contributed by atoms with Gasteiger partial charge in [0.1, 0.15) is 5.69 Å². The van der Waals surface area contributed by atoms with Crippen molar-refractivity contribution >= 4 is 31.9 Å². The van der Waals surface area contributed by atoms with Crippen LogP contribution in [0.15, 0.2) is 49.9 Å². The van der Waals surface area contributed by atoms with E-state index in [-0.39, 0.29) is 0 Å². The van der Waals surface area contributed by atoms with Crippen LogP contribution in [0.4, 0.5) is 0 Å². The third-order valence-corrected chi connectivity index (χ3v) is 5.10. The zero-order valence-electron chi connectivity index (χ0n) is 10.7. The van der Waals surface area contributed by atoms with Crippen molar-refractivity contribution in [3.8, 4) is 11.6 Å². The monoisotopic (exact) mass is 395 g/mol. The molecule has 3 rings (SSSR count). The summed E-state index contributed by atoms with van der Waals surface area (Å²) in [5.41, 5.74) is 2.02. The minimum atomic E-state index is 0.518. The highest BCUT2D eigenvalue weighted by Crippen LogP contribution is 2.31. The fraction of sp³-hybridized carbons (Fsp3) is 0.143. The molecule has 0 aliphatic carbocycles. The fourth-order valence-corrected chi connectivity index (χ4v) is 2.73. The minimum Gasteiger partial charge on any atom is -0.419 e. The molecule has 0 amide bonds. The molecule has 3 aromatic rings. The summed E-state index contributed by atoms with van der Waals surface area (Å²) in [5.74, 6) is 1.13. The van der Waals surface area contributed by atoms with Crippen LogP contribution in [0.2, 0.25) is 0 Å². The van der Waals surface area contributed by atoms with Gasteiger partial charge < -0.3 is 8.98 Å². The third kappa shape index (κ3) is 2.58. The number of rotatable bonds is 3. The first-order valence-corrected chi connectivity index (χ1v) is 7.61. The smallest absolute Gasteiger partial charge is 0.264 e. The molecular weight excluding hydrogens is 386 g/mol. The van der Waals surface area contributed by atoms with Crippen LogP contribution in [0.1, 0.15) is 11.5 Å². The van der Waals surface area contributed by atoms with Crippen molar-refractivity contribution in [1.82, 2.24) is 14.8 Å². The van der Waals surface area contributed by atoms with E-state index in [0.29, 0.717) is 18.2 Å². The standard InChI is InChI=1S/C14H11Br2N3O/c1-19-11(8-10(15)13(19)16)14-18-17-12(20-14)7-9-5-3-2-4-6-9/h2-6,8H,7H2,1H3. The molecule has 1 aromatic carbocycles. The number of halogens is 2. The molecular formula is C14H11Br2N3O. The largest absolute Gasteiger partial charge is 0.419 e. The highest BCUT2D eigenvalue weighted by atomic mass is 79.9. The Hall–Kier alpha value is -1.40. The molecule has 0 N–H and O–H groups in total. The third-order valence-electron chi connectivity index (χ3n) is 3.00. The zero-order chi connectivity index (χ0) is 14.1. The van der Waals surface area contributed by atoms with Crippen LogP contribution in [0.5, 0.6) is 0 Å². The first-order chi connectivity index (χ1) is 9.65. The quantitative estimate of drug-likeness (QED) is 0.666. The van der Waals surface area contributed by atoms with Gasteiger partial charge in [-0.1, -0.05) is 30.3 Å². The van der Waals surface area contributed by atoms with Crippen LogP contribution >= 0.6 is 31.9 Å². The highest BCUT2D eigenvalue weighted by molar-refractivity contribution is 9.13. The van der Waals surface area contributed by atoms with Gasteiger partial charge in [-0.25, -0.2) is 0 Å². The van der Waals surface area contributed by atoms with Gasteiger partial charge >= 0.3 is 0 Å². The lowest BCUT2D eigenvalue weighted by Crippen LogP contribution is -1.91. The average molecular weight is 397 g/mol. The first kappa shape index (κ1) is 13.6. The van der Waals surface area contributed by atoms with Crippen molar-refractivity contribution in [3.05, 3.63) is 56.9 Å². The van der Waals surface area contributed by atoms with Crippen molar-refractivity contribution in [2.24, 2.45) is 7.05 Å². The highest BCUT2D eigenvalue weighted by Gasteiger charge is 2.16. The Morgan fingerprint density at radius 2 is 1.90 bits per heavy atom. The van der Waals surface area contributed by atoms with E-state index in [1.807, 2.05) is 48.0 Å². The van der Waals surface area contributed by atoms with Crippen LogP contribution in [-0.4, -0.2) is 14.8 Å². The molecule has 0 bridgehead atoms. The lowest BCUT2D eigenvalue weighted by atomic mass is 10.2. The van der Waals surface area contributed by atoms with Gasteiger partial charge in [0, 0.05) is 7.05 Å². The van der Waals surface area contributed by atoms with E-state index >= 15 is 0 Å². The van der Waals surface area contributed by atoms with Gasteiger partial charge in [-0.15, -0.1) is 10.2 Å². The van der Waals surface area contributed by atoms with E-state index in [2.05, 4.69) is 42.1 Å². The molecule has 102 valence electrons. The van der Waals surface area contributed by atoms with E-state index in [9.17, 15) is 0 Å². The molecule has 0 atom stereocenters. The van der Waals surface area contributed by atoms with E-state index in [1.165, 1.54) is 0 Å². The van der Waals surface area contributed by atoms with Gasteiger partial charge in [0.05, 0.1) is 15.5 Å². The molecule has 2 aromatic heterocycles. The number of nitrogens with zero attached hydrogens (tertiary/aromatic N) is 3. The second-order valence-corrected chi connectivity index (χ2v) is 6.00. The SMILES string of the molecule is Cn1c(-c2nnc(Cc3ccccc3)o2)cc(Br)c1Br. The lowest BCUT2D eigenvalue weighted by molar-refractivity contribution is 0.514. The summed E-state index contributed by atoms with van der Waals surface area (Å²) in [7, 11) is 1.94. The van der Waals surface area contributed by atoms with E-state index < -0.39 is 0 Å². The van der Waals surface area contributed by atoms with Gasteiger partial charge in [0.25, 0.3) is 5.89 Å². The maximum absolute atomic E-state index is 5.74. The van der Waals surface area contributed by atoms with Crippen molar-refractivity contribution in [3.63, 3.8) is 0 Å².